The molecular formula is C14H19ClN2O2. The van der Waals surface area contributed by atoms with E-state index < -0.39 is 11.8 Å². The van der Waals surface area contributed by atoms with Crippen molar-refractivity contribution in [3.63, 3.8) is 0 Å². The number of hydrogen-bond donors (Lipinski definition) is 1. The second-order valence-electron chi connectivity index (χ2n) is 4.49. The first-order valence-electron chi connectivity index (χ1n) is 6.28. The number of carbonyl (C=O) groups is 2. The second-order valence-corrected chi connectivity index (χ2v) is 4.93. The van der Waals surface area contributed by atoms with E-state index in [9.17, 15) is 9.59 Å². The van der Waals surface area contributed by atoms with Gasteiger partial charge < -0.3 is 10.2 Å². The molecule has 1 aromatic rings. The molecule has 19 heavy (non-hydrogen) atoms. The Bertz CT molecular complexity index is 475. The molecule has 0 saturated carbocycles. The Morgan fingerprint density at radius 1 is 1.37 bits per heavy atom. The van der Waals surface area contributed by atoms with E-state index >= 15 is 0 Å². The highest BCUT2D eigenvalue weighted by Crippen LogP contribution is 2.20. The maximum Gasteiger partial charge on any atom is 0.313 e. The van der Waals surface area contributed by atoms with Crippen LogP contribution in [-0.4, -0.2) is 30.3 Å². The van der Waals surface area contributed by atoms with Crippen molar-refractivity contribution in [2.45, 2.75) is 26.7 Å². The van der Waals surface area contributed by atoms with Crippen LogP contribution in [0.5, 0.6) is 0 Å². The molecule has 1 aromatic carbocycles. The second kappa shape index (κ2) is 7.14. The van der Waals surface area contributed by atoms with Crippen LogP contribution < -0.4 is 5.32 Å². The normalized spacial score (nSPS) is 10.1. The quantitative estimate of drug-likeness (QED) is 0.863. The van der Waals surface area contributed by atoms with E-state index in [1.54, 1.807) is 25.2 Å². The van der Waals surface area contributed by atoms with Crippen molar-refractivity contribution in [1.82, 2.24) is 4.90 Å². The van der Waals surface area contributed by atoms with Crippen LogP contribution in [0.4, 0.5) is 5.69 Å². The summed E-state index contributed by atoms with van der Waals surface area (Å²) in [5.41, 5.74) is 1.43. The first kappa shape index (κ1) is 15.5. The lowest BCUT2D eigenvalue weighted by molar-refractivity contribution is -0.142. The fourth-order valence-corrected chi connectivity index (χ4v) is 1.75. The van der Waals surface area contributed by atoms with E-state index in [0.29, 0.717) is 17.3 Å². The lowest BCUT2D eigenvalue weighted by Crippen LogP contribution is -2.37. The molecule has 0 aliphatic carbocycles. The van der Waals surface area contributed by atoms with Gasteiger partial charge in [0, 0.05) is 24.3 Å². The zero-order chi connectivity index (χ0) is 14.4. The van der Waals surface area contributed by atoms with Crippen LogP contribution in [0, 0.1) is 6.92 Å². The van der Waals surface area contributed by atoms with Gasteiger partial charge >= 0.3 is 11.8 Å². The number of hydrogen-bond acceptors (Lipinski definition) is 2. The molecule has 1 rings (SSSR count). The summed E-state index contributed by atoms with van der Waals surface area (Å²) in [6.07, 6.45) is 1.86. The Morgan fingerprint density at radius 2 is 2.05 bits per heavy atom. The Kier molecular flexibility index (Phi) is 5.83. The molecule has 0 atom stereocenters. The summed E-state index contributed by atoms with van der Waals surface area (Å²) in [4.78, 5) is 25.1. The number of rotatable bonds is 4. The SMILES string of the molecule is CCCCN(C)C(=O)C(=O)Nc1cc(Cl)ccc1C. The van der Waals surface area contributed by atoms with Gasteiger partial charge in [0.15, 0.2) is 0 Å². The highest BCUT2D eigenvalue weighted by Gasteiger charge is 2.18. The molecule has 0 aliphatic heterocycles. The molecule has 104 valence electrons. The number of likely N-dealkylation sites (N-methyl/N-ethyl adjacent to an activating group) is 1. The summed E-state index contributed by atoms with van der Waals surface area (Å²) in [7, 11) is 1.63. The van der Waals surface area contributed by atoms with Crippen molar-refractivity contribution in [1.29, 1.82) is 0 Å². The molecule has 0 spiro atoms. The zero-order valence-electron chi connectivity index (χ0n) is 11.5. The van der Waals surface area contributed by atoms with Gasteiger partial charge in [-0.25, -0.2) is 0 Å². The van der Waals surface area contributed by atoms with Crippen molar-refractivity contribution >= 4 is 29.1 Å². The Morgan fingerprint density at radius 3 is 2.68 bits per heavy atom. The largest absolute Gasteiger partial charge is 0.338 e. The molecule has 2 amide bonds. The number of unbranched alkanes of at least 4 members (excludes halogenated alkanes) is 1. The molecular weight excluding hydrogens is 264 g/mol. The molecule has 4 nitrogen and oxygen atoms in total. The highest BCUT2D eigenvalue weighted by molar-refractivity contribution is 6.39. The summed E-state index contributed by atoms with van der Waals surface area (Å²) in [6.45, 7) is 4.46. The minimum Gasteiger partial charge on any atom is -0.338 e. The van der Waals surface area contributed by atoms with E-state index in [1.807, 2.05) is 13.8 Å². The molecule has 0 aromatic heterocycles. The zero-order valence-corrected chi connectivity index (χ0v) is 12.3. The third-order valence-electron chi connectivity index (χ3n) is 2.84. The van der Waals surface area contributed by atoms with Crippen LogP contribution in [0.3, 0.4) is 0 Å². The fourth-order valence-electron chi connectivity index (χ4n) is 1.57. The Labute approximate surface area is 118 Å². The number of anilines is 1. The smallest absolute Gasteiger partial charge is 0.313 e. The van der Waals surface area contributed by atoms with Crippen LogP contribution >= 0.6 is 11.6 Å². The Balaban J connectivity index is 2.68. The standard InChI is InChI=1S/C14H19ClN2O2/c1-4-5-8-17(3)14(19)13(18)16-12-9-11(15)7-6-10(12)2/h6-7,9H,4-5,8H2,1-3H3,(H,16,18). The Hall–Kier alpha value is -1.55. The number of aryl methyl sites for hydroxylation is 1. The van der Waals surface area contributed by atoms with Gasteiger partial charge in [0.1, 0.15) is 0 Å². The lowest BCUT2D eigenvalue weighted by Gasteiger charge is -2.16. The maximum atomic E-state index is 11.8. The summed E-state index contributed by atoms with van der Waals surface area (Å²) in [5, 5.41) is 3.11. The first-order valence-corrected chi connectivity index (χ1v) is 6.66. The number of benzene rings is 1. The van der Waals surface area contributed by atoms with Gasteiger partial charge in [-0.05, 0) is 31.0 Å². The van der Waals surface area contributed by atoms with Crippen molar-refractivity contribution in [3.05, 3.63) is 28.8 Å². The molecule has 0 aliphatic rings. The van der Waals surface area contributed by atoms with Crippen LogP contribution in [0.1, 0.15) is 25.3 Å². The minimum absolute atomic E-state index is 0.521. The van der Waals surface area contributed by atoms with Crippen LogP contribution in [-0.2, 0) is 9.59 Å². The van der Waals surface area contributed by atoms with Crippen molar-refractivity contribution < 1.29 is 9.59 Å². The van der Waals surface area contributed by atoms with Crippen molar-refractivity contribution in [2.75, 3.05) is 18.9 Å². The average molecular weight is 283 g/mol. The molecule has 0 heterocycles. The van der Waals surface area contributed by atoms with Gasteiger partial charge in [-0.2, -0.15) is 0 Å². The van der Waals surface area contributed by atoms with E-state index in [-0.39, 0.29) is 0 Å². The first-order chi connectivity index (χ1) is 8.95. The minimum atomic E-state index is -0.635. The molecule has 5 heteroatoms. The van der Waals surface area contributed by atoms with Crippen molar-refractivity contribution in [3.8, 4) is 0 Å². The number of halogens is 1. The van der Waals surface area contributed by atoms with E-state index in [2.05, 4.69) is 5.32 Å². The highest BCUT2D eigenvalue weighted by atomic mass is 35.5. The third kappa shape index (κ3) is 4.56. The summed E-state index contributed by atoms with van der Waals surface area (Å²) in [5.74, 6) is -1.17. The molecule has 0 unspecified atom stereocenters. The van der Waals surface area contributed by atoms with Gasteiger partial charge in [0.2, 0.25) is 0 Å². The lowest BCUT2D eigenvalue weighted by atomic mass is 10.2. The molecule has 0 radical (unpaired) electrons. The summed E-state index contributed by atoms with van der Waals surface area (Å²) >= 11 is 5.86. The molecule has 0 saturated heterocycles. The van der Waals surface area contributed by atoms with E-state index in [1.165, 1.54) is 4.90 Å². The number of amides is 2. The van der Waals surface area contributed by atoms with Gasteiger partial charge in [0.25, 0.3) is 0 Å². The number of nitrogens with one attached hydrogen (secondary N) is 1. The third-order valence-corrected chi connectivity index (χ3v) is 3.07. The number of nitrogens with zero attached hydrogens (tertiary/aromatic N) is 1. The summed E-state index contributed by atoms with van der Waals surface area (Å²) < 4.78 is 0. The van der Waals surface area contributed by atoms with Gasteiger partial charge in [-0.1, -0.05) is 31.0 Å². The van der Waals surface area contributed by atoms with Crippen molar-refractivity contribution in [2.24, 2.45) is 0 Å². The molecule has 0 bridgehead atoms. The van der Waals surface area contributed by atoms with Gasteiger partial charge in [0.05, 0.1) is 0 Å². The van der Waals surface area contributed by atoms with Crippen LogP contribution in [0.2, 0.25) is 5.02 Å². The summed E-state index contributed by atoms with van der Waals surface area (Å²) in [6, 6.07) is 5.17. The number of carbonyl (C=O) groups excluding carboxylic acids is 2. The van der Waals surface area contributed by atoms with Crippen LogP contribution in [0.25, 0.3) is 0 Å². The van der Waals surface area contributed by atoms with Gasteiger partial charge in [-0.15, -0.1) is 0 Å². The topological polar surface area (TPSA) is 49.4 Å². The van der Waals surface area contributed by atoms with Gasteiger partial charge in [-0.3, -0.25) is 9.59 Å². The van der Waals surface area contributed by atoms with E-state index in [0.717, 1.165) is 18.4 Å². The molecule has 1 N–H and O–H groups in total. The average Bonchev–Trinajstić information content (AvgIpc) is 2.39. The van der Waals surface area contributed by atoms with E-state index in [4.69, 9.17) is 11.6 Å². The predicted octanol–water partition coefficient (Wildman–Crippen LogP) is 2.85. The molecule has 0 fully saturated rings. The monoisotopic (exact) mass is 282 g/mol. The maximum absolute atomic E-state index is 11.8. The van der Waals surface area contributed by atoms with Crippen LogP contribution in [0.15, 0.2) is 18.2 Å². The predicted molar refractivity (Wildman–Crippen MR) is 77.4 cm³/mol. The fraction of sp³-hybridized carbons (Fsp3) is 0.429.